The first-order chi connectivity index (χ1) is 7.74. The quantitative estimate of drug-likeness (QED) is 0.584. The van der Waals surface area contributed by atoms with Gasteiger partial charge in [0.05, 0.1) is 0 Å². The summed E-state index contributed by atoms with van der Waals surface area (Å²) < 4.78 is 0. The Hall–Kier alpha value is -0.0800. The van der Waals surface area contributed by atoms with E-state index in [4.69, 9.17) is 0 Å². The van der Waals surface area contributed by atoms with Crippen molar-refractivity contribution in [3.05, 3.63) is 0 Å². The summed E-state index contributed by atoms with van der Waals surface area (Å²) in [4.78, 5) is 2.65. The Labute approximate surface area is 103 Å². The molecular formula is C14H32N2. The molecule has 2 heteroatoms. The van der Waals surface area contributed by atoms with Crippen LogP contribution in [0.25, 0.3) is 0 Å². The molecule has 0 saturated carbocycles. The average Bonchev–Trinajstić information content (AvgIpc) is 2.31. The van der Waals surface area contributed by atoms with Crippen LogP contribution in [0.1, 0.15) is 59.3 Å². The SMILES string of the molecule is CCCCN(CCCC)CCCC(C)NC. The van der Waals surface area contributed by atoms with Gasteiger partial charge in [-0.05, 0) is 59.3 Å². The van der Waals surface area contributed by atoms with Crippen molar-refractivity contribution in [1.29, 1.82) is 0 Å². The van der Waals surface area contributed by atoms with Crippen LogP contribution < -0.4 is 5.32 Å². The molecule has 0 saturated heterocycles. The summed E-state index contributed by atoms with van der Waals surface area (Å²) in [5.41, 5.74) is 0. The van der Waals surface area contributed by atoms with Gasteiger partial charge in [0.25, 0.3) is 0 Å². The van der Waals surface area contributed by atoms with Crippen LogP contribution in [0, 0.1) is 0 Å². The number of nitrogens with zero attached hydrogens (tertiary/aromatic N) is 1. The van der Waals surface area contributed by atoms with E-state index in [-0.39, 0.29) is 0 Å². The maximum atomic E-state index is 3.31. The standard InChI is InChI=1S/C14H32N2/c1-5-7-11-16(12-8-6-2)13-9-10-14(3)15-4/h14-15H,5-13H2,1-4H3. The third kappa shape index (κ3) is 9.17. The molecule has 1 unspecified atom stereocenters. The Balaban J connectivity index is 3.63. The Bertz CT molecular complexity index is 129. The highest BCUT2D eigenvalue weighted by Gasteiger charge is 2.04. The summed E-state index contributed by atoms with van der Waals surface area (Å²) in [6, 6.07) is 0.666. The largest absolute Gasteiger partial charge is 0.317 e. The highest BCUT2D eigenvalue weighted by molar-refractivity contribution is 4.62. The minimum atomic E-state index is 0.666. The van der Waals surface area contributed by atoms with Crippen molar-refractivity contribution >= 4 is 0 Å². The molecule has 0 radical (unpaired) electrons. The normalized spacial score (nSPS) is 13.3. The van der Waals surface area contributed by atoms with Crippen molar-refractivity contribution in [2.45, 2.75) is 65.3 Å². The summed E-state index contributed by atoms with van der Waals surface area (Å²) in [5, 5.41) is 3.31. The lowest BCUT2D eigenvalue weighted by Gasteiger charge is -2.22. The molecule has 0 bridgehead atoms. The fourth-order valence-electron chi connectivity index (χ4n) is 1.86. The molecule has 2 nitrogen and oxygen atoms in total. The van der Waals surface area contributed by atoms with Crippen molar-refractivity contribution in [2.24, 2.45) is 0 Å². The lowest BCUT2D eigenvalue weighted by atomic mass is 10.1. The molecular weight excluding hydrogens is 196 g/mol. The van der Waals surface area contributed by atoms with Crippen LogP contribution in [-0.2, 0) is 0 Å². The fourth-order valence-corrected chi connectivity index (χ4v) is 1.86. The summed E-state index contributed by atoms with van der Waals surface area (Å²) in [7, 11) is 2.05. The second-order valence-corrected chi connectivity index (χ2v) is 4.88. The van der Waals surface area contributed by atoms with E-state index >= 15 is 0 Å². The van der Waals surface area contributed by atoms with Crippen molar-refractivity contribution in [1.82, 2.24) is 10.2 Å². The van der Waals surface area contributed by atoms with Crippen LogP contribution in [-0.4, -0.2) is 37.6 Å². The zero-order valence-electron chi connectivity index (χ0n) is 11.9. The van der Waals surface area contributed by atoms with Gasteiger partial charge in [0, 0.05) is 6.04 Å². The number of hydrogen-bond donors (Lipinski definition) is 1. The number of nitrogens with one attached hydrogen (secondary N) is 1. The van der Waals surface area contributed by atoms with Gasteiger partial charge in [-0.2, -0.15) is 0 Å². The van der Waals surface area contributed by atoms with Crippen LogP contribution in [0.5, 0.6) is 0 Å². The Morgan fingerprint density at radius 1 is 0.938 bits per heavy atom. The lowest BCUT2D eigenvalue weighted by Crippen LogP contribution is -2.29. The monoisotopic (exact) mass is 228 g/mol. The molecule has 0 aromatic heterocycles. The minimum absolute atomic E-state index is 0.666. The minimum Gasteiger partial charge on any atom is -0.317 e. The van der Waals surface area contributed by atoms with Crippen LogP contribution in [0.3, 0.4) is 0 Å². The number of unbranched alkanes of at least 4 members (excludes halogenated alkanes) is 2. The molecule has 0 heterocycles. The van der Waals surface area contributed by atoms with Gasteiger partial charge in [0.15, 0.2) is 0 Å². The summed E-state index contributed by atoms with van der Waals surface area (Å²) in [6.07, 6.45) is 7.96. The van der Waals surface area contributed by atoms with Gasteiger partial charge in [-0.3, -0.25) is 0 Å². The third-order valence-electron chi connectivity index (χ3n) is 3.26. The molecule has 98 valence electrons. The average molecular weight is 228 g/mol. The van der Waals surface area contributed by atoms with E-state index in [0.717, 1.165) is 0 Å². The van der Waals surface area contributed by atoms with Gasteiger partial charge in [0.1, 0.15) is 0 Å². The van der Waals surface area contributed by atoms with E-state index in [1.807, 2.05) is 0 Å². The second-order valence-electron chi connectivity index (χ2n) is 4.88. The first-order valence-electron chi connectivity index (χ1n) is 7.14. The summed E-state index contributed by atoms with van der Waals surface area (Å²) >= 11 is 0. The molecule has 0 fully saturated rings. The predicted octanol–water partition coefficient (Wildman–Crippen LogP) is 3.28. The second kappa shape index (κ2) is 11.4. The molecule has 1 atom stereocenters. The first-order valence-corrected chi connectivity index (χ1v) is 7.14. The van der Waals surface area contributed by atoms with E-state index in [1.165, 1.54) is 58.2 Å². The van der Waals surface area contributed by atoms with Gasteiger partial charge in [-0.1, -0.05) is 26.7 Å². The van der Waals surface area contributed by atoms with Gasteiger partial charge >= 0.3 is 0 Å². The molecule has 0 aliphatic heterocycles. The topological polar surface area (TPSA) is 15.3 Å². The van der Waals surface area contributed by atoms with E-state index in [2.05, 4.69) is 38.0 Å². The Morgan fingerprint density at radius 3 is 1.88 bits per heavy atom. The van der Waals surface area contributed by atoms with Crippen molar-refractivity contribution < 1.29 is 0 Å². The molecule has 1 N–H and O–H groups in total. The van der Waals surface area contributed by atoms with Crippen LogP contribution >= 0.6 is 0 Å². The predicted molar refractivity (Wildman–Crippen MR) is 74.0 cm³/mol. The lowest BCUT2D eigenvalue weighted by molar-refractivity contribution is 0.256. The Morgan fingerprint density at radius 2 is 1.44 bits per heavy atom. The molecule has 0 amide bonds. The molecule has 0 aliphatic rings. The maximum absolute atomic E-state index is 3.31. The fraction of sp³-hybridized carbons (Fsp3) is 1.00. The summed E-state index contributed by atoms with van der Waals surface area (Å²) in [6.45, 7) is 10.7. The van der Waals surface area contributed by atoms with E-state index in [0.29, 0.717) is 6.04 Å². The van der Waals surface area contributed by atoms with Crippen molar-refractivity contribution in [2.75, 3.05) is 26.7 Å². The summed E-state index contributed by atoms with van der Waals surface area (Å²) in [5.74, 6) is 0. The molecule has 0 spiro atoms. The van der Waals surface area contributed by atoms with Gasteiger partial charge in [-0.15, -0.1) is 0 Å². The van der Waals surface area contributed by atoms with Gasteiger partial charge in [0.2, 0.25) is 0 Å². The maximum Gasteiger partial charge on any atom is 0.00362 e. The van der Waals surface area contributed by atoms with Crippen molar-refractivity contribution in [3.8, 4) is 0 Å². The zero-order chi connectivity index (χ0) is 12.2. The molecule has 0 rings (SSSR count). The molecule has 0 aromatic rings. The van der Waals surface area contributed by atoms with Crippen LogP contribution in [0.15, 0.2) is 0 Å². The van der Waals surface area contributed by atoms with Crippen LogP contribution in [0.2, 0.25) is 0 Å². The Kier molecular flexibility index (Phi) is 11.3. The van der Waals surface area contributed by atoms with Crippen LogP contribution in [0.4, 0.5) is 0 Å². The highest BCUT2D eigenvalue weighted by Crippen LogP contribution is 2.03. The number of hydrogen-bond acceptors (Lipinski definition) is 2. The molecule has 0 aliphatic carbocycles. The highest BCUT2D eigenvalue weighted by atomic mass is 15.1. The van der Waals surface area contributed by atoms with E-state index in [1.54, 1.807) is 0 Å². The molecule has 16 heavy (non-hydrogen) atoms. The van der Waals surface area contributed by atoms with E-state index < -0.39 is 0 Å². The van der Waals surface area contributed by atoms with Gasteiger partial charge in [-0.25, -0.2) is 0 Å². The van der Waals surface area contributed by atoms with Gasteiger partial charge < -0.3 is 10.2 Å². The third-order valence-corrected chi connectivity index (χ3v) is 3.26. The first kappa shape index (κ1) is 15.9. The van der Waals surface area contributed by atoms with E-state index in [9.17, 15) is 0 Å². The number of rotatable bonds is 11. The zero-order valence-corrected chi connectivity index (χ0v) is 11.9. The molecule has 0 aromatic carbocycles. The van der Waals surface area contributed by atoms with Crippen molar-refractivity contribution in [3.63, 3.8) is 0 Å². The smallest absolute Gasteiger partial charge is 0.00362 e.